The van der Waals surface area contributed by atoms with Crippen LogP contribution in [0.1, 0.15) is 33.3 Å². The van der Waals surface area contributed by atoms with Crippen molar-refractivity contribution in [3.8, 4) is 0 Å². The number of hydrogen-bond acceptors (Lipinski definition) is 2. The maximum absolute atomic E-state index is 3.74. The highest BCUT2D eigenvalue weighted by Gasteiger charge is 2.35. The van der Waals surface area contributed by atoms with Crippen LogP contribution < -0.4 is 10.2 Å². The Morgan fingerprint density at radius 3 is 2.47 bits per heavy atom. The van der Waals surface area contributed by atoms with Crippen molar-refractivity contribution < 1.29 is 0 Å². The van der Waals surface area contributed by atoms with Crippen LogP contribution in [0, 0.1) is 12.3 Å². The Kier molecular flexibility index (Phi) is 3.99. The van der Waals surface area contributed by atoms with E-state index >= 15 is 0 Å². The van der Waals surface area contributed by atoms with Gasteiger partial charge in [0.15, 0.2) is 0 Å². The van der Waals surface area contributed by atoms with Crippen molar-refractivity contribution in [2.24, 2.45) is 5.41 Å². The Balaban J connectivity index is 2.43. The zero-order valence-electron chi connectivity index (χ0n) is 12.7. The highest BCUT2D eigenvalue weighted by molar-refractivity contribution is 9.10. The molecule has 0 spiro atoms. The third-order valence-electron chi connectivity index (χ3n) is 3.87. The lowest BCUT2D eigenvalue weighted by atomic mass is 9.91. The molecule has 1 saturated heterocycles. The monoisotopic (exact) mass is 324 g/mol. The molecule has 106 valence electrons. The van der Waals surface area contributed by atoms with Gasteiger partial charge in [-0.25, -0.2) is 0 Å². The Morgan fingerprint density at radius 2 is 1.84 bits per heavy atom. The van der Waals surface area contributed by atoms with E-state index in [9.17, 15) is 0 Å². The molecule has 1 heterocycles. The van der Waals surface area contributed by atoms with Crippen molar-refractivity contribution in [1.82, 2.24) is 5.32 Å². The van der Waals surface area contributed by atoms with E-state index in [-0.39, 0.29) is 11.0 Å². The topological polar surface area (TPSA) is 15.3 Å². The second-order valence-electron chi connectivity index (χ2n) is 7.12. The van der Waals surface area contributed by atoms with Gasteiger partial charge in [-0.15, -0.1) is 0 Å². The van der Waals surface area contributed by atoms with Crippen LogP contribution in [-0.4, -0.2) is 25.2 Å². The molecule has 0 aromatic heterocycles. The first kappa shape index (κ1) is 14.9. The lowest BCUT2D eigenvalue weighted by Crippen LogP contribution is -2.50. The first-order valence-corrected chi connectivity index (χ1v) is 7.75. The number of rotatable bonds is 1. The van der Waals surface area contributed by atoms with Crippen LogP contribution in [0.3, 0.4) is 0 Å². The molecular formula is C16H25BrN2. The van der Waals surface area contributed by atoms with Crippen LogP contribution in [0.15, 0.2) is 22.7 Å². The van der Waals surface area contributed by atoms with Gasteiger partial charge in [-0.1, -0.05) is 19.9 Å². The molecule has 1 fully saturated rings. The molecule has 1 aromatic carbocycles. The molecule has 1 N–H and O–H groups in total. The summed E-state index contributed by atoms with van der Waals surface area (Å²) in [6.45, 7) is 14.6. The van der Waals surface area contributed by atoms with Gasteiger partial charge < -0.3 is 10.2 Å². The molecule has 0 saturated carbocycles. The van der Waals surface area contributed by atoms with Crippen molar-refractivity contribution in [2.45, 2.75) is 40.2 Å². The molecule has 19 heavy (non-hydrogen) atoms. The molecule has 0 bridgehead atoms. The summed E-state index contributed by atoms with van der Waals surface area (Å²) >= 11 is 3.74. The number of benzene rings is 1. The molecule has 0 radical (unpaired) electrons. The maximum Gasteiger partial charge on any atom is 0.0515 e. The maximum atomic E-state index is 3.74. The average molecular weight is 325 g/mol. The quantitative estimate of drug-likeness (QED) is 0.840. The first-order valence-electron chi connectivity index (χ1n) is 6.96. The van der Waals surface area contributed by atoms with E-state index in [4.69, 9.17) is 0 Å². The normalized spacial score (nSPS) is 22.1. The number of anilines is 1. The average Bonchev–Trinajstić information content (AvgIpc) is 2.35. The van der Waals surface area contributed by atoms with E-state index in [1.165, 1.54) is 15.7 Å². The predicted octanol–water partition coefficient (Wildman–Crippen LogP) is 3.97. The summed E-state index contributed by atoms with van der Waals surface area (Å²) in [5.74, 6) is 0. The number of aryl methyl sites for hydroxylation is 1. The number of nitrogens with one attached hydrogen (secondary N) is 1. The van der Waals surface area contributed by atoms with Crippen LogP contribution in [0.4, 0.5) is 5.69 Å². The third-order valence-corrected chi connectivity index (χ3v) is 4.51. The van der Waals surface area contributed by atoms with Crippen molar-refractivity contribution in [3.63, 3.8) is 0 Å². The second-order valence-corrected chi connectivity index (χ2v) is 7.98. The van der Waals surface area contributed by atoms with Gasteiger partial charge in [-0.05, 0) is 59.8 Å². The minimum absolute atomic E-state index is 0.117. The molecule has 1 aliphatic rings. The largest absolute Gasteiger partial charge is 0.364 e. The fourth-order valence-electron chi connectivity index (χ4n) is 2.74. The fourth-order valence-corrected chi connectivity index (χ4v) is 3.45. The van der Waals surface area contributed by atoms with Crippen LogP contribution in [-0.2, 0) is 0 Å². The number of halogens is 1. The van der Waals surface area contributed by atoms with E-state index in [0.29, 0.717) is 0 Å². The van der Waals surface area contributed by atoms with Crippen LogP contribution in [0.5, 0.6) is 0 Å². The van der Waals surface area contributed by atoms with E-state index in [2.05, 4.69) is 79.0 Å². The van der Waals surface area contributed by atoms with Crippen molar-refractivity contribution in [1.29, 1.82) is 0 Å². The molecule has 0 amide bonds. The van der Waals surface area contributed by atoms with Gasteiger partial charge >= 0.3 is 0 Å². The Morgan fingerprint density at radius 1 is 1.16 bits per heavy atom. The third kappa shape index (κ3) is 3.32. The van der Waals surface area contributed by atoms with Crippen molar-refractivity contribution in [3.05, 3.63) is 28.2 Å². The number of nitrogens with zero attached hydrogens (tertiary/aromatic N) is 1. The van der Waals surface area contributed by atoms with E-state index in [1.807, 2.05) is 0 Å². The Hall–Kier alpha value is -0.540. The lowest BCUT2D eigenvalue weighted by molar-refractivity contribution is 0.365. The van der Waals surface area contributed by atoms with Gasteiger partial charge in [0.1, 0.15) is 0 Å². The van der Waals surface area contributed by atoms with Crippen LogP contribution in [0.2, 0.25) is 0 Å². The van der Waals surface area contributed by atoms with Gasteiger partial charge in [0, 0.05) is 29.6 Å². The van der Waals surface area contributed by atoms with Gasteiger partial charge in [0.2, 0.25) is 0 Å². The summed E-state index contributed by atoms with van der Waals surface area (Å²) in [5.41, 5.74) is 2.98. The molecule has 0 unspecified atom stereocenters. The summed E-state index contributed by atoms with van der Waals surface area (Å²) in [6, 6.07) is 6.64. The predicted molar refractivity (Wildman–Crippen MR) is 87.0 cm³/mol. The summed E-state index contributed by atoms with van der Waals surface area (Å²) < 4.78 is 1.19. The zero-order chi connectivity index (χ0) is 14.3. The highest BCUT2D eigenvalue weighted by atomic mass is 79.9. The van der Waals surface area contributed by atoms with Crippen molar-refractivity contribution in [2.75, 3.05) is 24.5 Å². The number of hydrogen-bond donors (Lipinski definition) is 1. The summed E-state index contributed by atoms with van der Waals surface area (Å²) in [6.07, 6.45) is 0. The lowest BCUT2D eigenvalue weighted by Gasteiger charge is -2.42. The van der Waals surface area contributed by atoms with Crippen molar-refractivity contribution >= 4 is 21.6 Å². The molecule has 0 aliphatic carbocycles. The molecule has 0 atom stereocenters. The van der Waals surface area contributed by atoms with Gasteiger partial charge in [-0.3, -0.25) is 0 Å². The molecule has 1 aromatic rings. The minimum atomic E-state index is 0.117. The summed E-state index contributed by atoms with van der Waals surface area (Å²) in [4.78, 5) is 2.54. The Labute approximate surface area is 125 Å². The van der Waals surface area contributed by atoms with E-state index in [1.54, 1.807) is 0 Å². The minimum Gasteiger partial charge on any atom is -0.364 e. The Bertz CT molecular complexity index is 466. The summed E-state index contributed by atoms with van der Waals surface area (Å²) in [5, 5.41) is 3.60. The molecular weight excluding hydrogens is 300 g/mol. The van der Waals surface area contributed by atoms with Crippen LogP contribution in [0.25, 0.3) is 0 Å². The smallest absolute Gasteiger partial charge is 0.0515 e. The second kappa shape index (κ2) is 5.10. The molecule has 1 aliphatic heterocycles. The van der Waals surface area contributed by atoms with E-state index < -0.39 is 0 Å². The fraction of sp³-hybridized carbons (Fsp3) is 0.625. The molecule has 2 nitrogen and oxygen atoms in total. The van der Waals surface area contributed by atoms with Gasteiger partial charge in [-0.2, -0.15) is 0 Å². The molecule has 3 heteroatoms. The zero-order valence-corrected chi connectivity index (χ0v) is 14.3. The standard InChI is InChI=1S/C16H25BrN2/c1-12-6-7-14(13(17)8-12)19-11-15(2,3)9-18-10-16(19,4)5/h6-8,18H,9-11H2,1-5H3. The van der Waals surface area contributed by atoms with Crippen LogP contribution >= 0.6 is 15.9 Å². The first-order chi connectivity index (χ1) is 8.71. The van der Waals surface area contributed by atoms with E-state index in [0.717, 1.165) is 19.6 Å². The SMILES string of the molecule is Cc1ccc(N2CC(C)(C)CNCC2(C)C)c(Br)c1. The van der Waals surface area contributed by atoms with Gasteiger partial charge in [0.05, 0.1) is 5.69 Å². The van der Waals surface area contributed by atoms with Gasteiger partial charge in [0.25, 0.3) is 0 Å². The molecule has 2 rings (SSSR count). The summed E-state index contributed by atoms with van der Waals surface area (Å²) in [7, 11) is 0. The highest BCUT2D eigenvalue weighted by Crippen LogP contribution is 2.35.